The molecule has 10 nitrogen and oxygen atoms in total. The molecule has 1 aromatic carbocycles. The molecule has 268 valence electrons. The van der Waals surface area contributed by atoms with Gasteiger partial charge in [0, 0.05) is 42.2 Å². The van der Waals surface area contributed by atoms with Gasteiger partial charge < -0.3 is 45.5 Å². The molecule has 8 rings (SSSR count). The molecule has 6 fully saturated rings. The number of hydrogen-bond donors (Lipinski definition) is 7. The van der Waals surface area contributed by atoms with Crippen molar-refractivity contribution in [1.82, 2.24) is 5.32 Å². The van der Waals surface area contributed by atoms with Crippen LogP contribution in [0.5, 0.6) is 0 Å². The molecule has 6 saturated carbocycles. The van der Waals surface area contributed by atoms with Crippen molar-refractivity contribution < 1.29 is 45.0 Å². The minimum absolute atomic E-state index is 0.0448. The van der Waals surface area contributed by atoms with Crippen molar-refractivity contribution in [2.45, 2.75) is 132 Å². The number of carbonyl (C=O) groups excluding carboxylic acids is 2. The molecule has 6 aliphatic carbocycles. The Morgan fingerprint density at radius 1 is 1.02 bits per heavy atom. The Balaban J connectivity index is 1.19. The second-order valence-corrected chi connectivity index (χ2v) is 17.4. The predicted octanol–water partition coefficient (Wildman–Crippen LogP) is 2.09. The average molecular weight is 680 g/mol. The van der Waals surface area contributed by atoms with Gasteiger partial charge >= 0.3 is 5.97 Å². The number of ether oxygens (including phenoxy) is 1. The van der Waals surface area contributed by atoms with Crippen LogP contribution in [0.2, 0.25) is 0 Å². The summed E-state index contributed by atoms with van der Waals surface area (Å²) in [4.78, 5) is 26.6. The number of carbonyl (C=O) groups is 2. The first-order valence-electron chi connectivity index (χ1n) is 18.5. The van der Waals surface area contributed by atoms with Crippen LogP contribution in [0.25, 0.3) is 0 Å². The summed E-state index contributed by atoms with van der Waals surface area (Å²) < 4.78 is 6.04. The average Bonchev–Trinajstić information content (AvgIpc) is 3.76. The monoisotopic (exact) mass is 679 g/mol. The zero-order chi connectivity index (χ0) is 34.8. The lowest BCUT2D eigenvalue weighted by Gasteiger charge is -2.71. The molecule has 0 saturated heterocycles. The maximum Gasteiger partial charge on any atom is 0.331 e. The lowest BCUT2D eigenvalue weighted by Crippen LogP contribution is -2.82. The van der Waals surface area contributed by atoms with Gasteiger partial charge in [-0.2, -0.15) is 0 Å². The first-order chi connectivity index (χ1) is 23.3. The summed E-state index contributed by atoms with van der Waals surface area (Å²) >= 11 is 0. The molecule has 10 heteroatoms. The Kier molecular flexibility index (Phi) is 7.73. The van der Waals surface area contributed by atoms with Crippen LogP contribution in [0, 0.1) is 39.9 Å². The molecule has 0 aromatic heterocycles. The Hall–Kier alpha value is -2.18. The Labute approximate surface area is 287 Å². The highest BCUT2D eigenvalue weighted by molar-refractivity contribution is 5.86. The number of nitrogens with one attached hydrogen (secondary N) is 1. The molecule has 7 N–H and O–H groups in total. The van der Waals surface area contributed by atoms with Gasteiger partial charge in [0.25, 0.3) is 0 Å². The highest BCUT2D eigenvalue weighted by Crippen LogP contribution is 2.75. The lowest BCUT2D eigenvalue weighted by molar-refractivity contribution is -0.353. The van der Waals surface area contributed by atoms with E-state index in [0.717, 1.165) is 48.7 Å². The largest absolute Gasteiger partial charge is 0.454 e. The van der Waals surface area contributed by atoms with E-state index in [-0.39, 0.29) is 56.1 Å². The van der Waals surface area contributed by atoms with Crippen molar-refractivity contribution in [3.05, 3.63) is 47.0 Å². The second-order valence-electron chi connectivity index (χ2n) is 17.4. The van der Waals surface area contributed by atoms with Crippen molar-refractivity contribution in [3.8, 4) is 0 Å². The number of esters is 1. The van der Waals surface area contributed by atoms with Crippen LogP contribution in [0.3, 0.4) is 0 Å². The number of likely N-dealkylation sites (N-methyl/N-ethyl adjacent to an activating group) is 1. The van der Waals surface area contributed by atoms with Crippen molar-refractivity contribution in [2.24, 2.45) is 39.9 Å². The van der Waals surface area contributed by atoms with E-state index in [1.54, 1.807) is 6.08 Å². The molecule has 13 unspecified atom stereocenters. The number of aliphatic hydroxyl groups excluding tert-OH is 3. The van der Waals surface area contributed by atoms with Crippen molar-refractivity contribution in [2.75, 3.05) is 7.05 Å². The molecular weight excluding hydrogens is 626 g/mol. The van der Waals surface area contributed by atoms with Crippen molar-refractivity contribution in [1.29, 1.82) is 0 Å². The summed E-state index contributed by atoms with van der Waals surface area (Å²) in [5.74, 6) is -1.95. The van der Waals surface area contributed by atoms with E-state index in [9.17, 15) is 40.2 Å². The van der Waals surface area contributed by atoms with E-state index in [1.807, 2.05) is 38.2 Å². The van der Waals surface area contributed by atoms with Crippen LogP contribution in [-0.4, -0.2) is 91.1 Å². The van der Waals surface area contributed by atoms with E-state index in [2.05, 4.69) is 5.32 Å². The Bertz CT molecular complexity index is 1560. The van der Waals surface area contributed by atoms with Crippen LogP contribution < -0.4 is 5.32 Å². The fourth-order valence-corrected chi connectivity index (χ4v) is 13.6. The number of fused-ring (bicyclic) bond motifs is 9. The molecular formula is C39H53NO9. The number of benzene rings is 1. The first-order valence-corrected chi connectivity index (χ1v) is 18.5. The number of aliphatic hydroxyl groups is 6. The fourth-order valence-electron chi connectivity index (χ4n) is 13.6. The maximum absolute atomic E-state index is 13.5. The van der Waals surface area contributed by atoms with Gasteiger partial charge in [-0.05, 0) is 92.4 Å². The minimum atomic E-state index is -2.11. The first kappa shape index (κ1) is 33.9. The van der Waals surface area contributed by atoms with Crippen LogP contribution in [-0.2, 0) is 27.4 Å². The fraction of sp³-hybridized carbons (Fsp3) is 0.744. The zero-order valence-electron chi connectivity index (χ0n) is 28.7. The van der Waals surface area contributed by atoms with Crippen LogP contribution in [0.1, 0.15) is 88.7 Å². The molecule has 13 atom stereocenters. The summed E-state index contributed by atoms with van der Waals surface area (Å²) in [6.45, 7) is 1.88. The minimum Gasteiger partial charge on any atom is -0.454 e. The third kappa shape index (κ3) is 4.20. The highest BCUT2D eigenvalue weighted by atomic mass is 16.5. The summed E-state index contributed by atoms with van der Waals surface area (Å²) in [7, 11) is 1.88. The topological polar surface area (TPSA) is 177 Å². The van der Waals surface area contributed by atoms with E-state index < -0.39 is 63.2 Å². The summed E-state index contributed by atoms with van der Waals surface area (Å²) in [5, 5.41) is 75.5. The van der Waals surface area contributed by atoms with Gasteiger partial charge in [0.15, 0.2) is 0 Å². The standard InChI is InChI=1S/C39H53NO9/c1-34-12-9-28-36(21-42)20-35(10-5-6-11-35)29(43)17-37(36,46)18-30(44)39(28,48)38(34,47)16-24-13-25(33-26(32(24)34)15-31(45)49-33)27(40-2)14-22-7-3-4-8-23(22)19-41/h3-4,7-8,15,21,24-25,27-30,32-33,40-41,43-44,46-48H,5-6,9-14,16-20H2,1-2H3. The predicted molar refractivity (Wildman–Crippen MR) is 178 cm³/mol. The van der Waals surface area contributed by atoms with E-state index in [4.69, 9.17) is 4.74 Å². The normalized spacial score (nSPS) is 48.4. The van der Waals surface area contributed by atoms with Gasteiger partial charge in [-0.25, -0.2) is 4.79 Å². The molecule has 0 amide bonds. The van der Waals surface area contributed by atoms with Gasteiger partial charge in [0.1, 0.15) is 23.6 Å². The van der Waals surface area contributed by atoms with Crippen LogP contribution >= 0.6 is 0 Å². The highest BCUT2D eigenvalue weighted by Gasteiger charge is 2.82. The number of aldehydes is 1. The molecule has 0 radical (unpaired) electrons. The lowest BCUT2D eigenvalue weighted by atomic mass is 9.37. The van der Waals surface area contributed by atoms with Gasteiger partial charge in [-0.1, -0.05) is 44.0 Å². The van der Waals surface area contributed by atoms with E-state index >= 15 is 0 Å². The van der Waals surface area contributed by atoms with E-state index in [1.165, 1.54) is 0 Å². The molecule has 1 aliphatic heterocycles. The number of rotatable bonds is 6. The third-order valence-corrected chi connectivity index (χ3v) is 15.8. The second kappa shape index (κ2) is 11.2. The van der Waals surface area contributed by atoms with Crippen molar-refractivity contribution >= 4 is 12.3 Å². The molecule has 0 bridgehead atoms. The van der Waals surface area contributed by atoms with E-state index in [0.29, 0.717) is 25.7 Å². The summed E-state index contributed by atoms with van der Waals surface area (Å²) in [5.41, 5.74) is -5.95. The van der Waals surface area contributed by atoms with Crippen LogP contribution in [0.4, 0.5) is 0 Å². The zero-order valence-corrected chi connectivity index (χ0v) is 28.7. The number of hydrogen-bond acceptors (Lipinski definition) is 10. The van der Waals surface area contributed by atoms with Gasteiger partial charge in [0.05, 0.1) is 29.8 Å². The maximum atomic E-state index is 13.5. The Morgan fingerprint density at radius 3 is 2.39 bits per heavy atom. The third-order valence-electron chi connectivity index (χ3n) is 15.8. The SMILES string of the molecule is CNC(Cc1ccccc1CO)C1CC2CC3(O)C(C)(CCC4C5(C=O)CC6(CCCC6)C(O)CC5(O)CC(O)C43O)C2C2=CC(=O)OC21. The van der Waals surface area contributed by atoms with Gasteiger partial charge in [-0.15, -0.1) is 0 Å². The summed E-state index contributed by atoms with van der Waals surface area (Å²) in [6.07, 6.45) is 4.75. The molecule has 1 aromatic rings. The molecule has 7 aliphatic rings. The molecule has 49 heavy (non-hydrogen) atoms. The Morgan fingerprint density at radius 2 is 1.71 bits per heavy atom. The van der Waals surface area contributed by atoms with Crippen LogP contribution in [0.15, 0.2) is 35.9 Å². The quantitative estimate of drug-likeness (QED) is 0.174. The smallest absolute Gasteiger partial charge is 0.331 e. The molecule has 1 spiro atoms. The van der Waals surface area contributed by atoms with Crippen molar-refractivity contribution in [3.63, 3.8) is 0 Å². The van der Waals surface area contributed by atoms with Gasteiger partial charge in [-0.3, -0.25) is 0 Å². The van der Waals surface area contributed by atoms with Gasteiger partial charge in [0.2, 0.25) is 0 Å². The summed E-state index contributed by atoms with van der Waals surface area (Å²) in [6, 6.07) is 7.61. The molecule has 1 heterocycles.